The third-order valence-corrected chi connectivity index (χ3v) is 6.92. The number of methoxy groups -OCH3 is 1. The Bertz CT molecular complexity index is 483. The average Bonchev–Trinajstić information content (AvgIpc) is 3.01. The molecule has 0 aromatic heterocycles. The van der Waals surface area contributed by atoms with Crippen molar-refractivity contribution in [1.82, 2.24) is 0 Å². The van der Waals surface area contributed by atoms with Gasteiger partial charge in [-0.1, -0.05) is 49.5 Å². The van der Waals surface area contributed by atoms with Crippen LogP contribution in [-0.4, -0.2) is 17.4 Å². The second kappa shape index (κ2) is 9.80. The Labute approximate surface area is 154 Å². The minimum Gasteiger partial charge on any atom is -0.748 e. The first-order valence-corrected chi connectivity index (χ1v) is 9.22. The van der Waals surface area contributed by atoms with Gasteiger partial charge in [0.2, 0.25) is 0 Å². The van der Waals surface area contributed by atoms with Gasteiger partial charge in [0.15, 0.2) is 0 Å². The van der Waals surface area contributed by atoms with Crippen LogP contribution in [0.25, 0.3) is 0 Å². The topological polar surface area (TPSA) is 9.23 Å². The Morgan fingerprint density at radius 1 is 0.957 bits per heavy atom. The van der Waals surface area contributed by atoms with Crippen molar-refractivity contribution in [2.24, 2.45) is 0 Å². The van der Waals surface area contributed by atoms with Gasteiger partial charge in [-0.2, -0.15) is 6.07 Å². The molecule has 3 heteroatoms. The van der Waals surface area contributed by atoms with Crippen molar-refractivity contribution in [1.29, 1.82) is 0 Å². The molecule has 0 unspecified atom stereocenters. The molecular weight excluding hydrogens is 343 g/mol. The van der Waals surface area contributed by atoms with E-state index in [1.807, 2.05) is 30.3 Å². The molecule has 0 saturated heterocycles. The molecule has 0 saturated carbocycles. The van der Waals surface area contributed by atoms with Crippen molar-refractivity contribution in [3.8, 4) is 0 Å². The summed E-state index contributed by atoms with van der Waals surface area (Å²) < 4.78 is 5.31. The smallest absolute Gasteiger partial charge is 0.0345 e. The van der Waals surface area contributed by atoms with E-state index in [1.54, 1.807) is 7.11 Å². The molecule has 0 amide bonds. The minimum absolute atomic E-state index is 0. The number of rotatable bonds is 3. The van der Waals surface area contributed by atoms with Gasteiger partial charge in [0.05, 0.1) is 0 Å². The van der Waals surface area contributed by atoms with Gasteiger partial charge in [-0.3, -0.25) is 0 Å². The number of hydrogen-bond acceptors (Lipinski definition) is 1. The van der Waals surface area contributed by atoms with Gasteiger partial charge < -0.3 is 35.1 Å². The predicted molar refractivity (Wildman–Crippen MR) is 101 cm³/mol. The third-order valence-electron chi connectivity index (χ3n) is 3.32. The molecule has 0 atom stereocenters. The first-order chi connectivity index (χ1) is 10.2. The summed E-state index contributed by atoms with van der Waals surface area (Å²) in [6.45, 7) is 14.9. The standard InChI is InChI=1S/C15H26OP.C5H5.Fe/c1-14(2,3)17(15(4,5)6)13-10-8-9-12(13)11-16-7;1-2-4-5-3-1;/h8-10H,11H2,1-7H3;1-5H;/q-1;-5;. The monoisotopic (exact) mass is 374 g/mol. The van der Waals surface area contributed by atoms with Gasteiger partial charge in [0.1, 0.15) is 0 Å². The summed E-state index contributed by atoms with van der Waals surface area (Å²) in [5, 5.41) is 2.16. The van der Waals surface area contributed by atoms with E-state index < -0.39 is 0 Å². The fourth-order valence-electron chi connectivity index (χ4n) is 2.99. The van der Waals surface area contributed by atoms with Crippen LogP contribution in [0.1, 0.15) is 47.1 Å². The zero-order valence-electron chi connectivity index (χ0n) is 15.5. The molecule has 2 rings (SSSR count). The van der Waals surface area contributed by atoms with Crippen LogP contribution < -0.4 is 5.30 Å². The van der Waals surface area contributed by atoms with Crippen LogP contribution >= 0.6 is 7.92 Å². The Kier molecular flexibility index (Phi) is 9.63. The molecule has 2 aromatic carbocycles. The largest absolute Gasteiger partial charge is 0.748 e. The summed E-state index contributed by atoms with van der Waals surface area (Å²) >= 11 is 0. The fourth-order valence-corrected chi connectivity index (χ4v) is 7.11. The van der Waals surface area contributed by atoms with Crippen LogP contribution in [0.3, 0.4) is 0 Å². The Hall–Kier alpha value is -0.391. The van der Waals surface area contributed by atoms with Crippen molar-refractivity contribution >= 4 is 13.2 Å². The zero-order valence-corrected chi connectivity index (χ0v) is 17.5. The van der Waals surface area contributed by atoms with E-state index >= 15 is 0 Å². The molecule has 0 aliphatic carbocycles. The van der Waals surface area contributed by atoms with Crippen LogP contribution in [0.4, 0.5) is 0 Å². The zero-order chi connectivity index (χ0) is 16.8. The van der Waals surface area contributed by atoms with Gasteiger partial charge in [0.25, 0.3) is 0 Å². The summed E-state index contributed by atoms with van der Waals surface area (Å²) in [4.78, 5) is 0. The Morgan fingerprint density at radius 3 is 1.74 bits per heavy atom. The molecule has 0 N–H and O–H groups in total. The molecule has 0 bridgehead atoms. The molecule has 0 spiro atoms. The van der Waals surface area contributed by atoms with Crippen LogP contribution in [0, 0.1) is 0 Å². The van der Waals surface area contributed by atoms with Gasteiger partial charge in [-0.25, -0.2) is 12.1 Å². The Balaban J connectivity index is 0.000000684. The van der Waals surface area contributed by atoms with E-state index in [0.717, 1.165) is 6.61 Å². The Morgan fingerprint density at radius 2 is 1.39 bits per heavy atom. The first kappa shape index (κ1) is 22.6. The summed E-state index contributed by atoms with van der Waals surface area (Å²) in [6, 6.07) is 16.7. The molecule has 0 aliphatic rings. The minimum atomic E-state index is -0.213. The second-order valence-corrected chi connectivity index (χ2v) is 11.3. The third kappa shape index (κ3) is 7.36. The maximum absolute atomic E-state index is 5.31. The fraction of sp³-hybridized carbons (Fsp3) is 0.500. The summed E-state index contributed by atoms with van der Waals surface area (Å²) in [5.74, 6) is 0. The van der Waals surface area contributed by atoms with Gasteiger partial charge in [-0.15, -0.1) is 10.9 Å². The molecular formula is C20H31FeOP-6. The van der Waals surface area contributed by atoms with Crippen molar-refractivity contribution < 1.29 is 21.8 Å². The number of hydrogen-bond donors (Lipinski definition) is 0. The maximum Gasteiger partial charge on any atom is 0.0345 e. The molecule has 0 radical (unpaired) electrons. The molecule has 0 heterocycles. The normalized spacial score (nSPS) is 11.7. The van der Waals surface area contributed by atoms with E-state index in [4.69, 9.17) is 4.74 Å². The molecule has 1 nitrogen and oxygen atoms in total. The summed E-state index contributed by atoms with van der Waals surface area (Å²) in [7, 11) is 1.56. The summed E-state index contributed by atoms with van der Waals surface area (Å²) in [5.41, 5.74) is 1.36. The van der Waals surface area contributed by atoms with Gasteiger partial charge >= 0.3 is 0 Å². The van der Waals surface area contributed by atoms with E-state index in [9.17, 15) is 0 Å². The van der Waals surface area contributed by atoms with Gasteiger partial charge in [0, 0.05) is 30.8 Å². The van der Waals surface area contributed by atoms with E-state index in [2.05, 4.69) is 59.7 Å². The quantitative estimate of drug-likeness (QED) is 0.383. The van der Waals surface area contributed by atoms with E-state index in [0.29, 0.717) is 10.3 Å². The molecule has 0 aliphatic heterocycles. The van der Waals surface area contributed by atoms with Gasteiger partial charge in [-0.05, 0) is 10.3 Å². The van der Waals surface area contributed by atoms with Crippen molar-refractivity contribution in [3.63, 3.8) is 0 Å². The molecule has 2 aromatic rings. The average molecular weight is 374 g/mol. The van der Waals surface area contributed by atoms with Crippen molar-refractivity contribution in [2.45, 2.75) is 58.5 Å². The second-order valence-electron chi connectivity index (χ2n) is 7.51. The van der Waals surface area contributed by atoms with Crippen LogP contribution in [0.5, 0.6) is 0 Å². The molecule has 136 valence electrons. The number of ether oxygens (including phenoxy) is 1. The van der Waals surface area contributed by atoms with Crippen molar-refractivity contribution in [2.75, 3.05) is 7.11 Å². The predicted octanol–water partition coefficient (Wildman–Crippen LogP) is 5.66. The maximum atomic E-state index is 5.31. The van der Waals surface area contributed by atoms with E-state index in [-0.39, 0.29) is 25.0 Å². The summed E-state index contributed by atoms with van der Waals surface area (Å²) in [6.07, 6.45) is 0. The molecule has 0 fully saturated rings. The van der Waals surface area contributed by atoms with Crippen molar-refractivity contribution in [3.05, 3.63) is 54.1 Å². The van der Waals surface area contributed by atoms with E-state index in [1.165, 1.54) is 10.9 Å². The van der Waals surface area contributed by atoms with Crippen LogP contribution in [0.15, 0.2) is 48.5 Å². The van der Waals surface area contributed by atoms with Crippen LogP contribution in [-0.2, 0) is 28.4 Å². The SMILES string of the molecule is COC[c-]1cccc1P(C(C)(C)C)C(C)(C)C.[Fe].[cH-]1[cH-][cH-][cH-][cH-]1. The van der Waals surface area contributed by atoms with Crippen LogP contribution in [0.2, 0.25) is 0 Å². The first-order valence-electron chi connectivity index (χ1n) is 7.88. The molecule has 23 heavy (non-hydrogen) atoms.